The fraction of sp³-hybridized carbons (Fsp3) is 1.00. The Morgan fingerprint density at radius 2 is 2.08 bits per heavy atom. The van der Waals surface area contributed by atoms with Crippen molar-refractivity contribution in [2.75, 3.05) is 6.54 Å². The van der Waals surface area contributed by atoms with Crippen molar-refractivity contribution >= 4 is 0 Å². The SMILES string of the molecule is CCCNC(C)(C(F)F)C1CC1. The van der Waals surface area contributed by atoms with Gasteiger partial charge >= 0.3 is 0 Å². The Labute approximate surface area is 72.5 Å². The second-order valence-corrected chi connectivity index (χ2v) is 3.78. The van der Waals surface area contributed by atoms with Crippen molar-refractivity contribution < 1.29 is 8.78 Å². The molecule has 0 heterocycles. The lowest BCUT2D eigenvalue weighted by Crippen LogP contribution is -2.50. The van der Waals surface area contributed by atoms with E-state index in [2.05, 4.69) is 5.32 Å². The van der Waals surface area contributed by atoms with E-state index in [1.165, 1.54) is 0 Å². The summed E-state index contributed by atoms with van der Waals surface area (Å²) in [6.45, 7) is 4.33. The molecule has 0 aromatic carbocycles. The summed E-state index contributed by atoms with van der Waals surface area (Å²) in [5, 5.41) is 2.96. The summed E-state index contributed by atoms with van der Waals surface area (Å²) in [6, 6.07) is 0. The Hall–Kier alpha value is -0.180. The molecule has 0 aromatic heterocycles. The molecule has 1 aliphatic rings. The lowest BCUT2D eigenvalue weighted by atomic mass is 9.96. The van der Waals surface area contributed by atoms with Crippen LogP contribution in [0, 0.1) is 5.92 Å². The van der Waals surface area contributed by atoms with Gasteiger partial charge in [0.25, 0.3) is 6.43 Å². The maximum atomic E-state index is 12.6. The van der Waals surface area contributed by atoms with Crippen LogP contribution in [0.1, 0.15) is 33.1 Å². The van der Waals surface area contributed by atoms with Crippen molar-refractivity contribution in [3.63, 3.8) is 0 Å². The van der Waals surface area contributed by atoms with Gasteiger partial charge in [0.2, 0.25) is 0 Å². The van der Waals surface area contributed by atoms with Gasteiger partial charge in [-0.3, -0.25) is 0 Å². The number of hydrogen-bond acceptors (Lipinski definition) is 1. The smallest absolute Gasteiger partial charge is 0.256 e. The third-order valence-electron chi connectivity index (χ3n) is 2.63. The largest absolute Gasteiger partial charge is 0.306 e. The summed E-state index contributed by atoms with van der Waals surface area (Å²) < 4.78 is 25.3. The van der Waals surface area contributed by atoms with E-state index in [0.29, 0.717) is 6.54 Å². The van der Waals surface area contributed by atoms with Crippen LogP contribution >= 0.6 is 0 Å². The van der Waals surface area contributed by atoms with E-state index in [-0.39, 0.29) is 5.92 Å². The van der Waals surface area contributed by atoms with Gasteiger partial charge in [0.1, 0.15) is 0 Å². The molecule has 1 fully saturated rings. The second-order valence-electron chi connectivity index (χ2n) is 3.78. The highest BCUT2D eigenvalue weighted by Crippen LogP contribution is 2.42. The first-order valence-corrected chi connectivity index (χ1v) is 4.64. The summed E-state index contributed by atoms with van der Waals surface area (Å²) in [5.74, 6) is 0.198. The summed E-state index contributed by atoms with van der Waals surface area (Å²) in [7, 11) is 0. The maximum absolute atomic E-state index is 12.6. The molecular weight excluding hydrogens is 160 g/mol. The molecule has 1 atom stereocenters. The summed E-state index contributed by atoms with van der Waals surface area (Å²) >= 11 is 0. The lowest BCUT2D eigenvalue weighted by Gasteiger charge is -2.30. The van der Waals surface area contributed by atoms with Crippen LogP contribution in [0.5, 0.6) is 0 Å². The monoisotopic (exact) mass is 177 g/mol. The predicted molar refractivity (Wildman–Crippen MR) is 45.4 cm³/mol. The van der Waals surface area contributed by atoms with Gasteiger partial charge in [-0.05, 0) is 38.6 Å². The minimum Gasteiger partial charge on any atom is -0.306 e. The molecule has 72 valence electrons. The van der Waals surface area contributed by atoms with Crippen LogP contribution < -0.4 is 5.32 Å². The van der Waals surface area contributed by atoms with Gasteiger partial charge in [-0.1, -0.05) is 6.92 Å². The van der Waals surface area contributed by atoms with E-state index in [4.69, 9.17) is 0 Å². The van der Waals surface area contributed by atoms with Crippen molar-refractivity contribution in [1.82, 2.24) is 5.32 Å². The molecule has 1 nitrogen and oxygen atoms in total. The normalized spacial score (nSPS) is 22.8. The highest BCUT2D eigenvalue weighted by molar-refractivity contribution is 4.99. The number of rotatable bonds is 5. The Kier molecular flexibility index (Phi) is 3.04. The van der Waals surface area contributed by atoms with Crippen molar-refractivity contribution in [2.45, 2.75) is 45.1 Å². The van der Waals surface area contributed by atoms with Gasteiger partial charge < -0.3 is 5.32 Å². The zero-order valence-electron chi connectivity index (χ0n) is 7.74. The number of alkyl halides is 2. The molecule has 0 amide bonds. The van der Waals surface area contributed by atoms with Gasteiger partial charge in [-0.25, -0.2) is 8.78 Å². The number of hydrogen-bond donors (Lipinski definition) is 1. The average molecular weight is 177 g/mol. The quantitative estimate of drug-likeness (QED) is 0.680. The van der Waals surface area contributed by atoms with Gasteiger partial charge in [0.05, 0.1) is 5.54 Å². The molecular formula is C9H17F2N. The first-order chi connectivity index (χ1) is 5.61. The van der Waals surface area contributed by atoms with Crippen LogP contribution in [0.4, 0.5) is 8.78 Å². The number of halogens is 2. The summed E-state index contributed by atoms with van der Waals surface area (Å²) in [4.78, 5) is 0. The first kappa shape index (κ1) is 9.90. The fourth-order valence-corrected chi connectivity index (χ4v) is 1.48. The predicted octanol–water partition coefficient (Wildman–Crippen LogP) is 2.42. The minimum atomic E-state index is -2.24. The summed E-state index contributed by atoms with van der Waals surface area (Å²) in [5.41, 5.74) is -0.921. The van der Waals surface area contributed by atoms with E-state index in [1.807, 2.05) is 6.92 Å². The van der Waals surface area contributed by atoms with E-state index in [0.717, 1.165) is 19.3 Å². The molecule has 0 spiro atoms. The standard InChI is InChI=1S/C9H17F2N/c1-3-6-12-9(2,8(10)11)7-4-5-7/h7-8,12H,3-6H2,1-2H3. The Morgan fingerprint density at radius 1 is 1.50 bits per heavy atom. The van der Waals surface area contributed by atoms with Gasteiger partial charge in [-0.15, -0.1) is 0 Å². The average Bonchev–Trinajstić information content (AvgIpc) is 2.82. The Morgan fingerprint density at radius 3 is 2.42 bits per heavy atom. The fourth-order valence-electron chi connectivity index (χ4n) is 1.48. The Balaban J connectivity index is 2.46. The molecule has 12 heavy (non-hydrogen) atoms. The van der Waals surface area contributed by atoms with Gasteiger partial charge in [0, 0.05) is 0 Å². The molecule has 0 aliphatic heterocycles. The third kappa shape index (κ3) is 1.94. The molecule has 0 bridgehead atoms. The molecule has 0 aromatic rings. The van der Waals surface area contributed by atoms with E-state index >= 15 is 0 Å². The molecule has 1 unspecified atom stereocenters. The molecule has 1 saturated carbocycles. The molecule has 3 heteroatoms. The Bertz CT molecular complexity index is 141. The third-order valence-corrected chi connectivity index (χ3v) is 2.63. The molecule has 1 rings (SSSR count). The van der Waals surface area contributed by atoms with Crippen molar-refractivity contribution in [3.05, 3.63) is 0 Å². The van der Waals surface area contributed by atoms with E-state index in [9.17, 15) is 8.78 Å². The van der Waals surface area contributed by atoms with E-state index < -0.39 is 12.0 Å². The van der Waals surface area contributed by atoms with Crippen molar-refractivity contribution in [2.24, 2.45) is 5.92 Å². The van der Waals surface area contributed by atoms with Gasteiger partial charge in [-0.2, -0.15) is 0 Å². The van der Waals surface area contributed by atoms with Crippen LogP contribution in [-0.4, -0.2) is 18.5 Å². The zero-order chi connectivity index (χ0) is 9.19. The molecule has 0 radical (unpaired) electrons. The number of nitrogens with one attached hydrogen (secondary N) is 1. The van der Waals surface area contributed by atoms with Crippen LogP contribution in [0.25, 0.3) is 0 Å². The zero-order valence-corrected chi connectivity index (χ0v) is 7.74. The van der Waals surface area contributed by atoms with Crippen LogP contribution in [-0.2, 0) is 0 Å². The molecule has 0 saturated heterocycles. The van der Waals surface area contributed by atoms with Crippen LogP contribution in [0.2, 0.25) is 0 Å². The highest BCUT2D eigenvalue weighted by atomic mass is 19.3. The second kappa shape index (κ2) is 3.69. The maximum Gasteiger partial charge on any atom is 0.256 e. The summed E-state index contributed by atoms with van der Waals surface area (Å²) in [6.07, 6.45) is 0.584. The van der Waals surface area contributed by atoms with Crippen molar-refractivity contribution in [1.29, 1.82) is 0 Å². The topological polar surface area (TPSA) is 12.0 Å². The minimum absolute atomic E-state index is 0.198. The molecule has 1 aliphatic carbocycles. The van der Waals surface area contributed by atoms with E-state index in [1.54, 1.807) is 6.92 Å². The van der Waals surface area contributed by atoms with Gasteiger partial charge in [0.15, 0.2) is 0 Å². The van der Waals surface area contributed by atoms with Crippen LogP contribution in [0.3, 0.4) is 0 Å². The highest BCUT2D eigenvalue weighted by Gasteiger charge is 2.47. The lowest BCUT2D eigenvalue weighted by molar-refractivity contribution is 0.0272. The van der Waals surface area contributed by atoms with Crippen molar-refractivity contribution in [3.8, 4) is 0 Å². The first-order valence-electron chi connectivity index (χ1n) is 4.64. The molecule has 1 N–H and O–H groups in total. The van der Waals surface area contributed by atoms with Crippen LogP contribution in [0.15, 0.2) is 0 Å².